The highest BCUT2D eigenvalue weighted by Gasteiger charge is 2.17. The predicted molar refractivity (Wildman–Crippen MR) is 81.4 cm³/mol. The average Bonchev–Trinajstić information content (AvgIpc) is 2.43. The van der Waals surface area contributed by atoms with Crippen molar-refractivity contribution in [1.82, 2.24) is 0 Å². The van der Waals surface area contributed by atoms with Crippen LogP contribution in [-0.2, 0) is 9.53 Å². The second-order valence-electron chi connectivity index (χ2n) is 4.59. The van der Waals surface area contributed by atoms with Crippen LogP contribution in [-0.4, -0.2) is 12.2 Å². The summed E-state index contributed by atoms with van der Waals surface area (Å²) < 4.78 is 5.55. The Morgan fingerprint density at radius 3 is 2.79 bits per heavy atom. The first kappa shape index (κ1) is 15.8. The van der Waals surface area contributed by atoms with Gasteiger partial charge in [-0.3, -0.25) is 0 Å². The molecule has 1 unspecified atom stereocenters. The molecule has 1 atom stereocenters. The van der Waals surface area contributed by atoms with Gasteiger partial charge in [-0.25, -0.2) is 4.79 Å². The van der Waals surface area contributed by atoms with Gasteiger partial charge in [-0.15, -0.1) is 11.8 Å². The van der Waals surface area contributed by atoms with Gasteiger partial charge in [0.2, 0.25) is 0 Å². The van der Waals surface area contributed by atoms with Crippen LogP contribution in [0.2, 0.25) is 0 Å². The normalized spacial score (nSPS) is 11.9. The van der Waals surface area contributed by atoms with Crippen LogP contribution < -0.4 is 0 Å². The Balaban J connectivity index is 2.88. The summed E-state index contributed by atoms with van der Waals surface area (Å²) in [4.78, 5) is 12.9. The van der Waals surface area contributed by atoms with Crippen molar-refractivity contribution in [3.8, 4) is 0 Å². The van der Waals surface area contributed by atoms with Gasteiger partial charge in [0, 0.05) is 10.5 Å². The van der Waals surface area contributed by atoms with E-state index in [0.717, 1.165) is 24.8 Å². The van der Waals surface area contributed by atoms with Gasteiger partial charge in [-0.2, -0.15) is 0 Å². The lowest BCUT2D eigenvalue weighted by atomic mass is 10.0. The zero-order valence-electron chi connectivity index (χ0n) is 11.9. The quantitative estimate of drug-likeness (QED) is 0.408. The van der Waals surface area contributed by atoms with Gasteiger partial charge in [-0.1, -0.05) is 32.1 Å². The maximum absolute atomic E-state index is 11.7. The molecule has 0 aromatic heterocycles. The summed E-state index contributed by atoms with van der Waals surface area (Å²) in [5.74, 6) is -0.310. The fourth-order valence-electron chi connectivity index (χ4n) is 1.75. The second kappa shape index (κ2) is 8.05. The predicted octanol–water partition coefficient (Wildman–Crippen LogP) is 4.76. The number of esters is 1. The zero-order chi connectivity index (χ0) is 14.3. The van der Waals surface area contributed by atoms with Crippen LogP contribution in [0.25, 0.3) is 0 Å². The van der Waals surface area contributed by atoms with Gasteiger partial charge in [0.1, 0.15) is 6.10 Å². The number of hydrogen-bond donors (Lipinski definition) is 0. The molecule has 1 aromatic rings. The SMILES string of the molecule is C=C(C)C(=O)OC(CCCC)c1cccc(SC)c1. The largest absolute Gasteiger partial charge is 0.454 e. The van der Waals surface area contributed by atoms with E-state index < -0.39 is 0 Å². The minimum Gasteiger partial charge on any atom is -0.454 e. The zero-order valence-corrected chi connectivity index (χ0v) is 12.8. The van der Waals surface area contributed by atoms with Crippen LogP contribution in [0.1, 0.15) is 44.8 Å². The third-order valence-electron chi connectivity index (χ3n) is 2.88. The molecule has 0 fully saturated rings. The summed E-state index contributed by atoms with van der Waals surface area (Å²) in [5, 5.41) is 0. The maximum Gasteiger partial charge on any atom is 0.333 e. The number of ether oxygens (including phenoxy) is 1. The topological polar surface area (TPSA) is 26.3 Å². The molecule has 0 N–H and O–H groups in total. The van der Waals surface area contributed by atoms with E-state index in [2.05, 4.69) is 25.6 Å². The van der Waals surface area contributed by atoms with Crippen molar-refractivity contribution in [2.24, 2.45) is 0 Å². The van der Waals surface area contributed by atoms with Gasteiger partial charge < -0.3 is 4.74 Å². The van der Waals surface area contributed by atoms with E-state index in [1.807, 2.05) is 18.4 Å². The minimum atomic E-state index is -0.310. The van der Waals surface area contributed by atoms with Gasteiger partial charge in [0.25, 0.3) is 0 Å². The minimum absolute atomic E-state index is 0.170. The molecule has 0 aliphatic carbocycles. The molecule has 0 heterocycles. The maximum atomic E-state index is 11.7. The van der Waals surface area contributed by atoms with E-state index in [9.17, 15) is 4.79 Å². The molecule has 0 aliphatic rings. The third kappa shape index (κ3) is 5.11. The van der Waals surface area contributed by atoms with Crippen LogP contribution >= 0.6 is 11.8 Å². The molecule has 0 spiro atoms. The van der Waals surface area contributed by atoms with Gasteiger partial charge >= 0.3 is 5.97 Å². The highest BCUT2D eigenvalue weighted by Crippen LogP contribution is 2.27. The van der Waals surface area contributed by atoms with Crippen LogP contribution in [0, 0.1) is 0 Å². The lowest BCUT2D eigenvalue weighted by Gasteiger charge is -2.18. The molecule has 104 valence electrons. The fraction of sp³-hybridized carbons (Fsp3) is 0.438. The molecule has 2 nitrogen and oxygen atoms in total. The molecule has 0 saturated heterocycles. The van der Waals surface area contributed by atoms with E-state index in [4.69, 9.17) is 4.74 Å². The Bertz CT molecular complexity index is 440. The Morgan fingerprint density at radius 1 is 1.47 bits per heavy atom. The van der Waals surface area contributed by atoms with Crippen LogP contribution in [0.15, 0.2) is 41.3 Å². The number of benzene rings is 1. The Labute approximate surface area is 120 Å². The standard InChI is InChI=1S/C16H22O2S/c1-5-6-10-15(18-16(17)12(2)3)13-8-7-9-14(11-13)19-4/h7-9,11,15H,2,5-6,10H2,1,3-4H3. The molecular weight excluding hydrogens is 256 g/mol. The summed E-state index contributed by atoms with van der Waals surface area (Å²) >= 11 is 1.69. The molecule has 1 rings (SSSR count). The van der Waals surface area contributed by atoms with Crippen molar-refractivity contribution in [3.63, 3.8) is 0 Å². The lowest BCUT2D eigenvalue weighted by Crippen LogP contribution is -2.12. The Morgan fingerprint density at radius 2 is 2.21 bits per heavy atom. The summed E-state index contributed by atoms with van der Waals surface area (Å²) in [5.41, 5.74) is 1.51. The van der Waals surface area contributed by atoms with Crippen molar-refractivity contribution >= 4 is 17.7 Å². The van der Waals surface area contributed by atoms with Crippen LogP contribution in [0.4, 0.5) is 0 Å². The highest BCUT2D eigenvalue weighted by molar-refractivity contribution is 7.98. The lowest BCUT2D eigenvalue weighted by molar-refractivity contribution is -0.145. The molecule has 0 saturated carbocycles. The second-order valence-corrected chi connectivity index (χ2v) is 5.47. The van der Waals surface area contributed by atoms with Crippen LogP contribution in [0.3, 0.4) is 0 Å². The summed E-state index contributed by atoms with van der Waals surface area (Å²) in [6, 6.07) is 8.18. The van der Waals surface area contributed by atoms with E-state index >= 15 is 0 Å². The summed E-state index contributed by atoms with van der Waals surface area (Å²) in [7, 11) is 0. The van der Waals surface area contributed by atoms with Crippen molar-refractivity contribution in [2.75, 3.05) is 6.26 Å². The molecular formula is C16H22O2S. The van der Waals surface area contributed by atoms with Crippen molar-refractivity contribution in [3.05, 3.63) is 42.0 Å². The third-order valence-corrected chi connectivity index (χ3v) is 3.61. The monoisotopic (exact) mass is 278 g/mol. The Hall–Kier alpha value is -1.22. The average molecular weight is 278 g/mol. The first-order valence-corrected chi connectivity index (χ1v) is 7.81. The van der Waals surface area contributed by atoms with Gasteiger partial charge in [0.05, 0.1) is 0 Å². The van der Waals surface area contributed by atoms with E-state index in [1.165, 1.54) is 4.90 Å². The molecule has 0 amide bonds. The van der Waals surface area contributed by atoms with Gasteiger partial charge in [0.15, 0.2) is 0 Å². The highest BCUT2D eigenvalue weighted by atomic mass is 32.2. The summed E-state index contributed by atoms with van der Waals surface area (Å²) in [6.45, 7) is 7.45. The van der Waals surface area contributed by atoms with Crippen LogP contribution in [0.5, 0.6) is 0 Å². The molecule has 3 heteroatoms. The van der Waals surface area contributed by atoms with E-state index in [-0.39, 0.29) is 12.1 Å². The van der Waals surface area contributed by atoms with Crippen molar-refractivity contribution in [2.45, 2.75) is 44.1 Å². The fourth-order valence-corrected chi connectivity index (χ4v) is 2.22. The van der Waals surface area contributed by atoms with Crippen molar-refractivity contribution in [1.29, 1.82) is 0 Å². The number of carbonyl (C=O) groups excluding carboxylic acids is 1. The molecule has 19 heavy (non-hydrogen) atoms. The molecule has 0 bridgehead atoms. The van der Waals surface area contributed by atoms with E-state index in [0.29, 0.717) is 5.57 Å². The van der Waals surface area contributed by atoms with E-state index in [1.54, 1.807) is 18.7 Å². The van der Waals surface area contributed by atoms with Crippen molar-refractivity contribution < 1.29 is 9.53 Å². The molecule has 0 aliphatic heterocycles. The number of hydrogen-bond acceptors (Lipinski definition) is 3. The number of carbonyl (C=O) groups is 1. The number of unbranched alkanes of at least 4 members (excludes halogenated alkanes) is 1. The summed E-state index contributed by atoms with van der Waals surface area (Å²) in [6.07, 6.45) is 4.85. The van der Waals surface area contributed by atoms with Gasteiger partial charge in [-0.05, 0) is 43.7 Å². The smallest absolute Gasteiger partial charge is 0.333 e. The molecule has 1 aromatic carbocycles. The first-order valence-electron chi connectivity index (χ1n) is 6.59. The number of rotatable bonds is 7. The molecule has 0 radical (unpaired) electrons. The first-order chi connectivity index (χ1) is 9.08. The number of thioether (sulfide) groups is 1. The Kier molecular flexibility index (Phi) is 6.71.